The minimum atomic E-state index is -0.472. The number of furan rings is 1. The van der Waals surface area contributed by atoms with Gasteiger partial charge in [0.15, 0.2) is 5.17 Å². The van der Waals surface area contributed by atoms with Crippen LogP contribution in [0.15, 0.2) is 105 Å². The van der Waals surface area contributed by atoms with Crippen LogP contribution in [-0.4, -0.2) is 28.0 Å². The van der Waals surface area contributed by atoms with Gasteiger partial charge in [-0.1, -0.05) is 60.7 Å². The number of hydrogen-bond donors (Lipinski definition) is 0. The quantitative estimate of drug-likeness (QED) is 0.147. The van der Waals surface area contributed by atoms with E-state index < -0.39 is 4.92 Å². The molecule has 0 saturated carbocycles. The highest BCUT2D eigenvalue weighted by Gasteiger charge is 2.33. The Morgan fingerprint density at radius 2 is 1.71 bits per heavy atom. The van der Waals surface area contributed by atoms with E-state index in [1.807, 2.05) is 60.7 Å². The van der Waals surface area contributed by atoms with Crippen molar-refractivity contribution in [2.45, 2.75) is 13.1 Å². The minimum absolute atomic E-state index is 0.0746. The number of carbonyl (C=O) groups is 1. The highest BCUT2D eigenvalue weighted by atomic mass is 32.2. The number of amidine groups is 1. The molecule has 1 aliphatic heterocycles. The summed E-state index contributed by atoms with van der Waals surface area (Å²) in [6.07, 6.45) is 1.67. The van der Waals surface area contributed by atoms with Crippen LogP contribution in [0.2, 0.25) is 0 Å². The van der Waals surface area contributed by atoms with Crippen molar-refractivity contribution in [1.82, 2.24) is 4.90 Å². The maximum absolute atomic E-state index is 13.5. The summed E-state index contributed by atoms with van der Waals surface area (Å²) in [7, 11) is 1.49. The standard InChI is InChI=1S/C29H23N3O5S/c1-36-25-14-12-22(32(34)35)16-24(25)26-15-13-23(37-26)17-27-28(33)31(19-21-10-6-3-7-11-21)29(38-27)30-18-20-8-4-2-5-9-20/h2-17H,18-19H2,1H3/b27-17-,30-29?. The van der Waals surface area contributed by atoms with Gasteiger partial charge < -0.3 is 9.15 Å². The summed E-state index contributed by atoms with van der Waals surface area (Å²) in [6, 6.07) is 27.3. The van der Waals surface area contributed by atoms with Gasteiger partial charge in [-0.2, -0.15) is 0 Å². The van der Waals surface area contributed by atoms with Crippen LogP contribution in [0.3, 0.4) is 0 Å². The first kappa shape index (κ1) is 25.0. The average molecular weight is 526 g/mol. The van der Waals surface area contributed by atoms with Crippen molar-refractivity contribution in [3.8, 4) is 17.1 Å². The lowest BCUT2D eigenvalue weighted by molar-refractivity contribution is -0.384. The van der Waals surface area contributed by atoms with Crippen molar-refractivity contribution in [3.05, 3.63) is 123 Å². The summed E-state index contributed by atoms with van der Waals surface area (Å²) in [4.78, 5) is 31.1. The van der Waals surface area contributed by atoms with Crippen LogP contribution in [0.4, 0.5) is 5.69 Å². The summed E-state index contributed by atoms with van der Waals surface area (Å²) in [5, 5.41) is 11.9. The number of benzene rings is 3. The normalized spacial score (nSPS) is 15.4. The summed E-state index contributed by atoms with van der Waals surface area (Å²) in [5.74, 6) is 1.11. The lowest BCUT2D eigenvalue weighted by Crippen LogP contribution is -2.28. The van der Waals surface area contributed by atoms with Gasteiger partial charge in [0.2, 0.25) is 0 Å². The zero-order valence-corrected chi connectivity index (χ0v) is 21.3. The molecule has 2 heterocycles. The van der Waals surface area contributed by atoms with Gasteiger partial charge in [-0.15, -0.1) is 0 Å². The molecule has 8 nitrogen and oxygen atoms in total. The first-order valence-electron chi connectivity index (χ1n) is 11.8. The Labute approximate surface area is 223 Å². The molecule has 5 rings (SSSR count). The van der Waals surface area contributed by atoms with Gasteiger partial charge in [0, 0.05) is 18.2 Å². The Morgan fingerprint density at radius 3 is 2.39 bits per heavy atom. The first-order valence-corrected chi connectivity index (χ1v) is 12.6. The molecule has 0 spiro atoms. The van der Waals surface area contributed by atoms with E-state index in [4.69, 9.17) is 14.1 Å². The van der Waals surface area contributed by atoms with E-state index in [9.17, 15) is 14.9 Å². The molecule has 3 aromatic carbocycles. The molecule has 190 valence electrons. The largest absolute Gasteiger partial charge is 0.496 e. The van der Waals surface area contributed by atoms with Crippen molar-refractivity contribution in [2.75, 3.05) is 7.11 Å². The lowest BCUT2D eigenvalue weighted by Gasteiger charge is -2.15. The van der Waals surface area contributed by atoms with E-state index in [0.29, 0.717) is 46.0 Å². The number of aliphatic imine (C=N–C) groups is 1. The Hall–Kier alpha value is -4.63. The molecule has 1 aromatic heterocycles. The number of methoxy groups -OCH3 is 1. The lowest BCUT2D eigenvalue weighted by atomic mass is 10.1. The molecular weight excluding hydrogens is 502 g/mol. The van der Waals surface area contributed by atoms with Crippen LogP contribution >= 0.6 is 11.8 Å². The SMILES string of the molecule is COc1ccc([N+](=O)[O-])cc1-c1ccc(/C=C2\SC(=NCc3ccccc3)N(Cc3ccccc3)C2=O)o1. The molecule has 0 bridgehead atoms. The van der Waals surface area contributed by atoms with Gasteiger partial charge in [0.25, 0.3) is 11.6 Å². The summed E-state index contributed by atoms with van der Waals surface area (Å²) in [6.45, 7) is 0.846. The number of hydrogen-bond acceptors (Lipinski definition) is 7. The van der Waals surface area contributed by atoms with Gasteiger partial charge in [0.1, 0.15) is 17.3 Å². The fourth-order valence-corrected chi connectivity index (χ4v) is 4.94. The number of amides is 1. The highest BCUT2D eigenvalue weighted by molar-refractivity contribution is 8.18. The van der Waals surface area contributed by atoms with E-state index >= 15 is 0 Å². The molecule has 0 unspecified atom stereocenters. The van der Waals surface area contributed by atoms with E-state index in [2.05, 4.69) is 0 Å². The Kier molecular flexibility index (Phi) is 7.37. The van der Waals surface area contributed by atoms with E-state index in [1.54, 1.807) is 23.1 Å². The van der Waals surface area contributed by atoms with Crippen LogP contribution in [0.1, 0.15) is 16.9 Å². The number of nitro groups is 1. The van der Waals surface area contributed by atoms with Crippen LogP contribution in [0, 0.1) is 10.1 Å². The van der Waals surface area contributed by atoms with Gasteiger partial charge in [-0.25, -0.2) is 0 Å². The van der Waals surface area contributed by atoms with Gasteiger partial charge >= 0.3 is 0 Å². The fraction of sp³-hybridized carbons (Fsp3) is 0.103. The first-order chi connectivity index (χ1) is 18.5. The van der Waals surface area contributed by atoms with Crippen LogP contribution in [0.25, 0.3) is 17.4 Å². The number of ether oxygens (including phenoxy) is 1. The van der Waals surface area contributed by atoms with Gasteiger partial charge in [-0.05, 0) is 41.1 Å². The smallest absolute Gasteiger partial charge is 0.270 e. The maximum atomic E-state index is 13.5. The molecule has 0 aliphatic carbocycles. The molecule has 1 aliphatic rings. The highest BCUT2D eigenvalue weighted by Crippen LogP contribution is 2.37. The molecule has 1 amide bonds. The van der Waals surface area contributed by atoms with Crippen LogP contribution < -0.4 is 4.74 Å². The summed E-state index contributed by atoms with van der Waals surface area (Å²) < 4.78 is 11.3. The predicted molar refractivity (Wildman–Crippen MR) is 147 cm³/mol. The summed E-state index contributed by atoms with van der Waals surface area (Å²) in [5.41, 5.74) is 2.42. The minimum Gasteiger partial charge on any atom is -0.496 e. The number of non-ortho nitro benzene ring substituents is 1. The number of nitro benzene ring substituents is 1. The third-order valence-corrected chi connectivity index (χ3v) is 6.92. The molecule has 38 heavy (non-hydrogen) atoms. The van der Waals surface area contributed by atoms with Crippen molar-refractivity contribution in [3.63, 3.8) is 0 Å². The Bertz CT molecular complexity index is 1530. The van der Waals surface area contributed by atoms with Crippen molar-refractivity contribution >= 4 is 34.6 Å². The number of thioether (sulfide) groups is 1. The van der Waals surface area contributed by atoms with E-state index in [-0.39, 0.29) is 11.6 Å². The topological polar surface area (TPSA) is 98.2 Å². The van der Waals surface area contributed by atoms with Gasteiger partial charge in [0.05, 0.1) is 35.6 Å². The second-order valence-electron chi connectivity index (χ2n) is 8.42. The van der Waals surface area contributed by atoms with Crippen molar-refractivity contribution < 1.29 is 18.9 Å². The number of rotatable bonds is 8. The molecule has 0 N–H and O–H groups in total. The third-order valence-electron chi connectivity index (χ3n) is 5.87. The van der Waals surface area contributed by atoms with E-state index in [1.165, 1.54) is 37.1 Å². The zero-order chi connectivity index (χ0) is 26.5. The Morgan fingerprint density at radius 1 is 1.00 bits per heavy atom. The number of carbonyl (C=O) groups excluding carboxylic acids is 1. The molecule has 4 aromatic rings. The maximum Gasteiger partial charge on any atom is 0.270 e. The fourth-order valence-electron chi connectivity index (χ4n) is 3.98. The third kappa shape index (κ3) is 5.52. The molecule has 0 radical (unpaired) electrons. The van der Waals surface area contributed by atoms with Crippen LogP contribution in [0.5, 0.6) is 5.75 Å². The second kappa shape index (κ2) is 11.2. The average Bonchev–Trinajstić information content (AvgIpc) is 3.53. The predicted octanol–water partition coefficient (Wildman–Crippen LogP) is 6.54. The Balaban J connectivity index is 1.44. The van der Waals surface area contributed by atoms with Crippen LogP contribution in [-0.2, 0) is 17.9 Å². The molecular formula is C29H23N3O5S. The number of nitrogens with zero attached hydrogens (tertiary/aromatic N) is 3. The second-order valence-corrected chi connectivity index (χ2v) is 9.42. The molecule has 0 atom stereocenters. The molecule has 9 heteroatoms. The molecule has 1 saturated heterocycles. The van der Waals surface area contributed by atoms with Gasteiger partial charge in [-0.3, -0.25) is 24.8 Å². The monoisotopic (exact) mass is 525 g/mol. The zero-order valence-electron chi connectivity index (χ0n) is 20.4. The summed E-state index contributed by atoms with van der Waals surface area (Å²) >= 11 is 1.29. The van der Waals surface area contributed by atoms with Crippen molar-refractivity contribution in [1.29, 1.82) is 0 Å². The van der Waals surface area contributed by atoms with Crippen molar-refractivity contribution in [2.24, 2.45) is 4.99 Å². The van der Waals surface area contributed by atoms with E-state index in [0.717, 1.165) is 11.1 Å². The molecule has 1 fully saturated rings.